The lowest BCUT2D eigenvalue weighted by atomic mass is 10.1. The second-order valence-electron chi connectivity index (χ2n) is 7.98. The normalized spacial score (nSPS) is 14.0. The van der Waals surface area contributed by atoms with E-state index in [1.807, 2.05) is 0 Å². The Morgan fingerprint density at radius 3 is 2.58 bits per heavy atom. The molecule has 10 nitrogen and oxygen atoms in total. The van der Waals surface area contributed by atoms with Gasteiger partial charge < -0.3 is 14.6 Å². The standard InChI is InChI=1S/C23H21N5O5/c29-19(27-10-4-1-5-11-27)13-28-17-12-14(8-9-18(17)33-23(28)32)24-22(31)20-15-6-2-3-7-16(15)21(30)26-25-20/h2-3,6-9,12H,1,4-5,10-11,13H2,(H,24,31)(H,26,30). The number of H-pyrrole nitrogens is 1. The highest BCUT2D eigenvalue weighted by Crippen LogP contribution is 2.21. The molecule has 0 saturated carbocycles. The number of nitrogens with one attached hydrogen (secondary N) is 2. The van der Waals surface area contributed by atoms with Crippen LogP contribution in [0.4, 0.5) is 5.69 Å². The first-order valence-corrected chi connectivity index (χ1v) is 10.7. The summed E-state index contributed by atoms with van der Waals surface area (Å²) in [5.74, 6) is -1.30. The van der Waals surface area contributed by atoms with E-state index < -0.39 is 11.7 Å². The van der Waals surface area contributed by atoms with Crippen LogP contribution in [0.2, 0.25) is 0 Å². The lowest BCUT2D eigenvalue weighted by Crippen LogP contribution is -2.39. The summed E-state index contributed by atoms with van der Waals surface area (Å²) < 4.78 is 6.55. The van der Waals surface area contributed by atoms with Crippen molar-refractivity contribution in [1.82, 2.24) is 19.7 Å². The molecule has 1 fully saturated rings. The number of piperidine rings is 1. The lowest BCUT2D eigenvalue weighted by molar-refractivity contribution is -0.132. The molecule has 0 radical (unpaired) electrons. The molecule has 168 valence electrons. The van der Waals surface area contributed by atoms with Gasteiger partial charge in [0.1, 0.15) is 6.54 Å². The zero-order chi connectivity index (χ0) is 22.9. The minimum atomic E-state index is -0.632. The second-order valence-corrected chi connectivity index (χ2v) is 7.98. The highest BCUT2D eigenvalue weighted by Gasteiger charge is 2.20. The molecule has 1 aliphatic heterocycles. The predicted octanol–water partition coefficient (Wildman–Crippen LogP) is 2.10. The van der Waals surface area contributed by atoms with Gasteiger partial charge in [0, 0.05) is 24.2 Å². The summed E-state index contributed by atoms with van der Waals surface area (Å²) in [6, 6.07) is 11.4. The minimum Gasteiger partial charge on any atom is -0.408 e. The molecule has 2 aromatic carbocycles. The first-order chi connectivity index (χ1) is 16.0. The van der Waals surface area contributed by atoms with E-state index >= 15 is 0 Å². The van der Waals surface area contributed by atoms with Crippen LogP contribution in [0.25, 0.3) is 21.9 Å². The van der Waals surface area contributed by atoms with Gasteiger partial charge in [-0.1, -0.05) is 18.2 Å². The number of nitrogens with zero attached hydrogens (tertiary/aromatic N) is 3. The van der Waals surface area contributed by atoms with E-state index in [1.54, 1.807) is 47.4 Å². The van der Waals surface area contributed by atoms with E-state index in [-0.39, 0.29) is 23.7 Å². The quantitative estimate of drug-likeness (QED) is 0.493. The molecule has 0 atom stereocenters. The fraction of sp³-hybridized carbons (Fsp3) is 0.261. The van der Waals surface area contributed by atoms with Crippen LogP contribution in [0.3, 0.4) is 0 Å². The molecule has 0 spiro atoms. The molecule has 0 bridgehead atoms. The SMILES string of the molecule is O=C(Nc1ccc2oc(=O)n(CC(=O)N3CCCCC3)c2c1)c1n[nH]c(=O)c2ccccc12. The Labute approximate surface area is 186 Å². The fourth-order valence-corrected chi connectivity index (χ4v) is 4.15. The first kappa shape index (κ1) is 20.7. The number of rotatable bonds is 4. The monoisotopic (exact) mass is 447 g/mol. The van der Waals surface area contributed by atoms with E-state index in [1.165, 1.54) is 4.57 Å². The summed E-state index contributed by atoms with van der Waals surface area (Å²) in [5, 5.41) is 9.76. The molecule has 2 N–H and O–H groups in total. The number of aromatic nitrogens is 3. The summed E-state index contributed by atoms with van der Waals surface area (Å²) in [5.41, 5.74) is 0.795. The Morgan fingerprint density at radius 2 is 1.79 bits per heavy atom. The summed E-state index contributed by atoms with van der Waals surface area (Å²) in [4.78, 5) is 51.7. The number of amides is 2. The van der Waals surface area contributed by atoms with Crippen LogP contribution in [-0.2, 0) is 11.3 Å². The Kier molecular flexibility index (Phi) is 5.25. The minimum absolute atomic E-state index is 0.0650. The van der Waals surface area contributed by atoms with E-state index in [0.29, 0.717) is 40.6 Å². The van der Waals surface area contributed by atoms with Gasteiger partial charge in [-0.2, -0.15) is 5.10 Å². The average molecular weight is 447 g/mol. The third kappa shape index (κ3) is 3.91. The van der Waals surface area contributed by atoms with Crippen molar-refractivity contribution in [3.63, 3.8) is 0 Å². The van der Waals surface area contributed by atoms with Crippen molar-refractivity contribution in [2.75, 3.05) is 18.4 Å². The van der Waals surface area contributed by atoms with Gasteiger partial charge in [0.05, 0.1) is 10.9 Å². The summed E-state index contributed by atoms with van der Waals surface area (Å²) in [7, 11) is 0. The molecule has 0 unspecified atom stereocenters. The maximum atomic E-state index is 12.9. The molecular weight excluding hydrogens is 426 g/mol. The maximum absolute atomic E-state index is 12.9. The summed E-state index contributed by atoms with van der Waals surface area (Å²) >= 11 is 0. The van der Waals surface area contributed by atoms with Crippen molar-refractivity contribution in [3.05, 3.63) is 69.1 Å². The van der Waals surface area contributed by atoms with Gasteiger partial charge in [-0.25, -0.2) is 9.89 Å². The highest BCUT2D eigenvalue weighted by molar-refractivity contribution is 6.11. The third-order valence-electron chi connectivity index (χ3n) is 5.84. The topological polar surface area (TPSA) is 130 Å². The number of carbonyl (C=O) groups is 2. The number of aromatic amines is 1. The number of likely N-dealkylation sites (tertiary alicyclic amines) is 1. The van der Waals surface area contributed by atoms with Gasteiger partial charge in [0.25, 0.3) is 11.5 Å². The first-order valence-electron chi connectivity index (χ1n) is 10.7. The molecule has 5 rings (SSSR count). The van der Waals surface area contributed by atoms with Crippen molar-refractivity contribution in [2.24, 2.45) is 0 Å². The lowest BCUT2D eigenvalue weighted by Gasteiger charge is -2.26. The van der Waals surface area contributed by atoms with Crippen molar-refractivity contribution >= 4 is 39.4 Å². The highest BCUT2D eigenvalue weighted by atomic mass is 16.4. The van der Waals surface area contributed by atoms with Crippen LogP contribution in [0.15, 0.2) is 56.5 Å². The number of carbonyl (C=O) groups excluding carboxylic acids is 2. The molecule has 33 heavy (non-hydrogen) atoms. The molecule has 2 aromatic heterocycles. The van der Waals surface area contributed by atoms with E-state index in [4.69, 9.17) is 4.42 Å². The van der Waals surface area contributed by atoms with Gasteiger partial charge in [0.2, 0.25) is 5.91 Å². The molecule has 4 aromatic rings. The molecule has 1 aliphatic rings. The predicted molar refractivity (Wildman–Crippen MR) is 121 cm³/mol. The van der Waals surface area contributed by atoms with Crippen molar-refractivity contribution < 1.29 is 14.0 Å². The average Bonchev–Trinajstić information content (AvgIpc) is 3.14. The van der Waals surface area contributed by atoms with Crippen LogP contribution in [0.1, 0.15) is 29.8 Å². The zero-order valence-electron chi connectivity index (χ0n) is 17.7. The smallest absolute Gasteiger partial charge is 0.408 e. The van der Waals surface area contributed by atoms with E-state index in [2.05, 4.69) is 15.5 Å². The molecule has 3 heterocycles. The largest absolute Gasteiger partial charge is 0.420 e. The van der Waals surface area contributed by atoms with Gasteiger partial charge >= 0.3 is 5.76 Å². The number of benzene rings is 2. The number of hydrogen-bond donors (Lipinski definition) is 2. The molecule has 0 aliphatic carbocycles. The Balaban J connectivity index is 1.44. The van der Waals surface area contributed by atoms with Crippen molar-refractivity contribution in [2.45, 2.75) is 25.8 Å². The number of oxazole rings is 1. The maximum Gasteiger partial charge on any atom is 0.420 e. The van der Waals surface area contributed by atoms with Crippen LogP contribution in [0, 0.1) is 0 Å². The Bertz CT molecular complexity index is 1490. The van der Waals surface area contributed by atoms with Crippen molar-refractivity contribution in [3.8, 4) is 0 Å². The third-order valence-corrected chi connectivity index (χ3v) is 5.84. The number of hydrogen-bond acceptors (Lipinski definition) is 6. The summed E-state index contributed by atoms with van der Waals surface area (Å²) in [6.45, 7) is 1.24. The van der Waals surface area contributed by atoms with Gasteiger partial charge in [-0.15, -0.1) is 0 Å². The van der Waals surface area contributed by atoms with Crippen LogP contribution >= 0.6 is 0 Å². The Hall–Kier alpha value is -4.21. The van der Waals surface area contributed by atoms with E-state index in [0.717, 1.165) is 19.3 Å². The van der Waals surface area contributed by atoms with Gasteiger partial charge in [-0.05, 0) is 43.5 Å². The van der Waals surface area contributed by atoms with Crippen LogP contribution in [0.5, 0.6) is 0 Å². The molecule has 2 amide bonds. The number of anilines is 1. The van der Waals surface area contributed by atoms with E-state index in [9.17, 15) is 19.2 Å². The summed E-state index contributed by atoms with van der Waals surface area (Å²) in [6.07, 6.45) is 3.01. The molecule has 10 heteroatoms. The van der Waals surface area contributed by atoms with Crippen LogP contribution in [-0.4, -0.2) is 44.6 Å². The van der Waals surface area contributed by atoms with Gasteiger partial charge in [0.15, 0.2) is 11.3 Å². The van der Waals surface area contributed by atoms with Gasteiger partial charge in [-0.3, -0.25) is 19.0 Å². The van der Waals surface area contributed by atoms with Crippen LogP contribution < -0.4 is 16.6 Å². The van der Waals surface area contributed by atoms with Crippen molar-refractivity contribution in [1.29, 1.82) is 0 Å². The zero-order valence-corrected chi connectivity index (χ0v) is 17.7. The molecular formula is C23H21N5O5. The second kappa shape index (κ2) is 8.38. The molecule has 1 saturated heterocycles. The Morgan fingerprint density at radius 1 is 1.03 bits per heavy atom. The number of fused-ring (bicyclic) bond motifs is 2. The fourth-order valence-electron chi connectivity index (χ4n) is 4.15.